The van der Waals surface area contributed by atoms with Gasteiger partial charge < -0.3 is 5.32 Å². The number of alkyl halides is 3. The Morgan fingerprint density at radius 3 is 2.50 bits per heavy atom. The van der Waals surface area contributed by atoms with Gasteiger partial charge in [-0.1, -0.05) is 12.1 Å². The monoisotopic (exact) mass is 308 g/mol. The van der Waals surface area contributed by atoms with E-state index in [-0.39, 0.29) is 6.54 Å². The number of aryl methyl sites for hydroxylation is 1. The maximum absolute atomic E-state index is 13.2. The molecule has 0 aromatic heterocycles. The van der Waals surface area contributed by atoms with E-state index in [9.17, 15) is 17.6 Å². The van der Waals surface area contributed by atoms with Gasteiger partial charge in [0.15, 0.2) is 0 Å². The standard InChI is InChI=1S/C16H12F4N2/c1-10-2-3-11(8-21)7-15(10)22-9-12-4-5-14(17)13(6-12)16(18,19)20/h2-7,22H,9H2,1H3. The van der Waals surface area contributed by atoms with E-state index in [1.807, 2.05) is 13.0 Å². The van der Waals surface area contributed by atoms with Crippen LogP contribution in [0.5, 0.6) is 0 Å². The van der Waals surface area contributed by atoms with E-state index in [1.54, 1.807) is 18.2 Å². The van der Waals surface area contributed by atoms with Crippen molar-refractivity contribution in [2.45, 2.75) is 19.6 Å². The molecule has 0 fully saturated rings. The first-order chi connectivity index (χ1) is 10.3. The smallest absolute Gasteiger partial charge is 0.381 e. The van der Waals surface area contributed by atoms with E-state index in [4.69, 9.17) is 5.26 Å². The largest absolute Gasteiger partial charge is 0.419 e. The number of anilines is 1. The van der Waals surface area contributed by atoms with Gasteiger partial charge in [-0.3, -0.25) is 0 Å². The molecule has 0 radical (unpaired) electrons. The molecule has 0 saturated carbocycles. The Hall–Kier alpha value is -2.55. The third-order valence-corrected chi connectivity index (χ3v) is 3.19. The van der Waals surface area contributed by atoms with Gasteiger partial charge in [-0.25, -0.2) is 4.39 Å². The second-order valence-electron chi connectivity index (χ2n) is 4.81. The maximum Gasteiger partial charge on any atom is 0.419 e. The third-order valence-electron chi connectivity index (χ3n) is 3.19. The Labute approximate surface area is 125 Å². The van der Waals surface area contributed by atoms with Gasteiger partial charge in [0, 0.05) is 12.2 Å². The maximum atomic E-state index is 13.2. The summed E-state index contributed by atoms with van der Waals surface area (Å²) in [6.45, 7) is 1.91. The first-order valence-electron chi connectivity index (χ1n) is 6.41. The molecule has 0 heterocycles. The van der Waals surface area contributed by atoms with Gasteiger partial charge in [0.25, 0.3) is 0 Å². The lowest BCUT2D eigenvalue weighted by Gasteiger charge is -2.13. The number of hydrogen-bond acceptors (Lipinski definition) is 2. The van der Waals surface area contributed by atoms with Crippen molar-refractivity contribution in [1.82, 2.24) is 0 Å². The van der Waals surface area contributed by atoms with Gasteiger partial charge in [-0.05, 0) is 42.3 Å². The number of hydrogen-bond donors (Lipinski definition) is 1. The Morgan fingerprint density at radius 2 is 1.86 bits per heavy atom. The van der Waals surface area contributed by atoms with E-state index in [0.29, 0.717) is 16.8 Å². The average Bonchev–Trinajstić information content (AvgIpc) is 2.46. The zero-order chi connectivity index (χ0) is 16.3. The molecular formula is C16H12F4N2. The van der Waals surface area contributed by atoms with Crippen LogP contribution in [0.25, 0.3) is 0 Å². The molecule has 0 unspecified atom stereocenters. The van der Waals surface area contributed by atoms with Crippen molar-refractivity contribution in [1.29, 1.82) is 5.26 Å². The molecule has 0 aliphatic rings. The van der Waals surface area contributed by atoms with Crippen LogP contribution in [0.1, 0.15) is 22.3 Å². The van der Waals surface area contributed by atoms with E-state index in [1.165, 1.54) is 6.07 Å². The number of nitrogens with one attached hydrogen (secondary N) is 1. The van der Waals surface area contributed by atoms with E-state index < -0.39 is 17.6 Å². The van der Waals surface area contributed by atoms with Crippen LogP contribution in [0, 0.1) is 24.1 Å². The van der Waals surface area contributed by atoms with Crippen LogP contribution in [0.3, 0.4) is 0 Å². The molecule has 0 saturated heterocycles. The first kappa shape index (κ1) is 15.8. The van der Waals surface area contributed by atoms with Crippen molar-refractivity contribution in [2.75, 3.05) is 5.32 Å². The average molecular weight is 308 g/mol. The fourth-order valence-electron chi connectivity index (χ4n) is 1.98. The minimum Gasteiger partial charge on any atom is -0.381 e. The van der Waals surface area contributed by atoms with Crippen molar-refractivity contribution in [2.24, 2.45) is 0 Å². The third kappa shape index (κ3) is 3.55. The molecule has 2 nitrogen and oxygen atoms in total. The summed E-state index contributed by atoms with van der Waals surface area (Å²) in [4.78, 5) is 0. The van der Waals surface area contributed by atoms with E-state index in [0.717, 1.165) is 17.7 Å². The minimum absolute atomic E-state index is 0.0963. The zero-order valence-corrected chi connectivity index (χ0v) is 11.6. The highest BCUT2D eigenvalue weighted by Crippen LogP contribution is 2.32. The lowest BCUT2D eigenvalue weighted by molar-refractivity contribution is -0.140. The molecule has 0 amide bonds. The topological polar surface area (TPSA) is 35.8 Å². The Morgan fingerprint density at radius 1 is 1.14 bits per heavy atom. The lowest BCUT2D eigenvalue weighted by Crippen LogP contribution is -2.10. The van der Waals surface area contributed by atoms with Gasteiger partial charge in [-0.15, -0.1) is 0 Å². The van der Waals surface area contributed by atoms with E-state index >= 15 is 0 Å². The quantitative estimate of drug-likeness (QED) is 0.839. The minimum atomic E-state index is -4.73. The molecule has 0 aliphatic heterocycles. The van der Waals surface area contributed by atoms with Crippen LogP contribution in [-0.2, 0) is 12.7 Å². The van der Waals surface area contributed by atoms with Crippen molar-refractivity contribution < 1.29 is 17.6 Å². The molecule has 2 rings (SSSR count). The summed E-state index contributed by atoms with van der Waals surface area (Å²) < 4.78 is 51.2. The molecule has 0 bridgehead atoms. The predicted molar refractivity (Wildman–Crippen MR) is 74.6 cm³/mol. The van der Waals surface area contributed by atoms with Gasteiger partial charge in [0.05, 0.1) is 17.2 Å². The van der Waals surface area contributed by atoms with Gasteiger partial charge in [-0.2, -0.15) is 18.4 Å². The number of nitrogens with zero attached hydrogens (tertiary/aromatic N) is 1. The number of halogens is 4. The van der Waals surface area contributed by atoms with Gasteiger partial charge >= 0.3 is 6.18 Å². The highest BCUT2D eigenvalue weighted by molar-refractivity contribution is 5.55. The zero-order valence-electron chi connectivity index (χ0n) is 11.6. The molecule has 2 aromatic rings. The second kappa shape index (κ2) is 6.06. The van der Waals surface area contributed by atoms with Gasteiger partial charge in [0.1, 0.15) is 5.82 Å². The highest BCUT2D eigenvalue weighted by Gasteiger charge is 2.34. The van der Waals surface area contributed by atoms with Crippen molar-refractivity contribution in [3.05, 3.63) is 64.5 Å². The summed E-state index contributed by atoms with van der Waals surface area (Å²) in [6.07, 6.45) is -4.73. The number of benzene rings is 2. The summed E-state index contributed by atoms with van der Waals surface area (Å²) in [5.74, 6) is -1.29. The Bertz CT molecular complexity index is 730. The van der Waals surface area contributed by atoms with Crippen LogP contribution in [0.2, 0.25) is 0 Å². The van der Waals surface area contributed by atoms with Crippen molar-refractivity contribution in [3.63, 3.8) is 0 Å². The van der Waals surface area contributed by atoms with Gasteiger partial charge in [0.2, 0.25) is 0 Å². The van der Waals surface area contributed by atoms with Crippen LogP contribution < -0.4 is 5.32 Å². The van der Waals surface area contributed by atoms with E-state index in [2.05, 4.69) is 5.32 Å². The summed E-state index contributed by atoms with van der Waals surface area (Å²) in [5.41, 5.74) is 0.974. The number of nitriles is 1. The molecular weight excluding hydrogens is 296 g/mol. The first-order valence-corrected chi connectivity index (χ1v) is 6.41. The van der Waals surface area contributed by atoms with Crippen molar-refractivity contribution >= 4 is 5.69 Å². The van der Waals surface area contributed by atoms with Crippen LogP contribution >= 0.6 is 0 Å². The highest BCUT2D eigenvalue weighted by atomic mass is 19.4. The summed E-state index contributed by atoms with van der Waals surface area (Å²) in [5, 5.41) is 11.8. The van der Waals surface area contributed by atoms with Crippen LogP contribution in [0.4, 0.5) is 23.2 Å². The van der Waals surface area contributed by atoms with Crippen molar-refractivity contribution in [3.8, 4) is 6.07 Å². The lowest BCUT2D eigenvalue weighted by atomic mass is 10.1. The summed E-state index contributed by atoms with van der Waals surface area (Å²) in [7, 11) is 0. The summed E-state index contributed by atoms with van der Waals surface area (Å²) in [6, 6.07) is 9.88. The molecule has 2 aromatic carbocycles. The fraction of sp³-hybridized carbons (Fsp3) is 0.188. The normalized spacial score (nSPS) is 11.1. The van der Waals surface area contributed by atoms with Crippen LogP contribution in [-0.4, -0.2) is 0 Å². The molecule has 0 spiro atoms. The molecule has 0 atom stereocenters. The Kier molecular flexibility index (Phi) is 4.36. The molecule has 114 valence electrons. The molecule has 1 N–H and O–H groups in total. The SMILES string of the molecule is Cc1ccc(C#N)cc1NCc1ccc(F)c(C(F)(F)F)c1. The molecule has 6 heteroatoms. The van der Waals surface area contributed by atoms with Crippen LogP contribution in [0.15, 0.2) is 36.4 Å². The summed E-state index contributed by atoms with van der Waals surface area (Å²) >= 11 is 0. The fourth-order valence-corrected chi connectivity index (χ4v) is 1.98. The molecule has 0 aliphatic carbocycles. The molecule has 22 heavy (non-hydrogen) atoms. The predicted octanol–water partition coefficient (Wildman–Crippen LogP) is 4.64. The second-order valence-corrected chi connectivity index (χ2v) is 4.81. The Balaban J connectivity index is 2.21. The number of rotatable bonds is 3.